The molecule has 0 heterocycles. The molecule has 1 atom stereocenters. The van der Waals surface area contributed by atoms with E-state index in [0.717, 1.165) is 13.0 Å². The number of likely N-dealkylation sites (N-methyl/N-ethyl adjacent to an activating group) is 1. The summed E-state index contributed by atoms with van der Waals surface area (Å²) >= 11 is 0. The molecule has 1 saturated carbocycles. The second kappa shape index (κ2) is 6.58. The fraction of sp³-hybridized carbons (Fsp3) is 0.429. The van der Waals surface area contributed by atoms with Gasteiger partial charge in [0, 0.05) is 18.5 Å². The molecule has 4 heteroatoms. The number of nitrogens with zero attached hydrogens (tertiary/aromatic N) is 1. The molecule has 25 heavy (non-hydrogen) atoms. The summed E-state index contributed by atoms with van der Waals surface area (Å²) in [5.74, 6) is 0.152. The van der Waals surface area contributed by atoms with Gasteiger partial charge in [-0.15, -0.1) is 0 Å². The van der Waals surface area contributed by atoms with E-state index in [1.165, 1.54) is 5.56 Å². The Hall–Kier alpha value is -1.65. The topological polar surface area (TPSA) is 37.4 Å². The molecular weight excluding hydrogens is 330 g/mol. The summed E-state index contributed by atoms with van der Waals surface area (Å²) in [6.07, 6.45) is 1.14. The van der Waals surface area contributed by atoms with Gasteiger partial charge in [0.15, 0.2) is 9.84 Å². The number of rotatable bonds is 7. The predicted molar refractivity (Wildman–Crippen MR) is 103 cm³/mol. The van der Waals surface area contributed by atoms with Crippen molar-refractivity contribution in [3.8, 4) is 0 Å². The van der Waals surface area contributed by atoms with Gasteiger partial charge in [-0.25, -0.2) is 8.42 Å². The molecule has 0 saturated heterocycles. The van der Waals surface area contributed by atoms with Crippen LogP contribution in [-0.4, -0.2) is 39.2 Å². The van der Waals surface area contributed by atoms with Crippen molar-refractivity contribution in [2.24, 2.45) is 5.41 Å². The molecule has 0 aromatic heterocycles. The van der Waals surface area contributed by atoms with Crippen LogP contribution in [0.15, 0.2) is 65.6 Å². The summed E-state index contributed by atoms with van der Waals surface area (Å²) in [4.78, 5) is 2.58. The van der Waals surface area contributed by atoms with Crippen LogP contribution in [0, 0.1) is 5.41 Å². The van der Waals surface area contributed by atoms with Crippen LogP contribution in [0.5, 0.6) is 0 Å². The lowest BCUT2D eigenvalue weighted by Crippen LogP contribution is -2.35. The highest BCUT2D eigenvalue weighted by Gasteiger charge is 2.61. The van der Waals surface area contributed by atoms with Gasteiger partial charge in [0.25, 0.3) is 0 Å². The fourth-order valence-corrected chi connectivity index (χ4v) is 5.24. The third-order valence-electron chi connectivity index (χ3n) is 5.62. The average molecular weight is 358 g/mol. The first-order chi connectivity index (χ1) is 11.8. The van der Waals surface area contributed by atoms with Crippen molar-refractivity contribution in [2.75, 3.05) is 25.9 Å². The van der Waals surface area contributed by atoms with E-state index < -0.39 is 9.84 Å². The molecule has 0 radical (unpaired) electrons. The Morgan fingerprint density at radius 3 is 2.00 bits per heavy atom. The minimum absolute atomic E-state index is 0.125. The molecule has 0 N–H and O–H groups in total. The zero-order valence-electron chi connectivity index (χ0n) is 15.3. The van der Waals surface area contributed by atoms with Gasteiger partial charge in [-0.3, -0.25) is 0 Å². The van der Waals surface area contributed by atoms with E-state index in [1.54, 1.807) is 24.3 Å². The SMILES string of the molecule is CN(CCS(=O)(=O)c1ccccc1)CC1(c2ccccc2)CC1(C)C. The zero-order valence-corrected chi connectivity index (χ0v) is 16.1. The van der Waals surface area contributed by atoms with Gasteiger partial charge < -0.3 is 4.90 Å². The van der Waals surface area contributed by atoms with Crippen LogP contribution in [-0.2, 0) is 15.3 Å². The van der Waals surface area contributed by atoms with E-state index in [2.05, 4.69) is 43.0 Å². The van der Waals surface area contributed by atoms with Gasteiger partial charge in [-0.2, -0.15) is 0 Å². The summed E-state index contributed by atoms with van der Waals surface area (Å²) < 4.78 is 25.0. The van der Waals surface area contributed by atoms with Crippen molar-refractivity contribution < 1.29 is 8.42 Å². The lowest BCUT2D eigenvalue weighted by atomic mass is 9.87. The Morgan fingerprint density at radius 2 is 1.48 bits per heavy atom. The van der Waals surface area contributed by atoms with Crippen molar-refractivity contribution in [3.05, 3.63) is 66.2 Å². The number of sulfone groups is 1. The first-order valence-electron chi connectivity index (χ1n) is 8.79. The highest BCUT2D eigenvalue weighted by molar-refractivity contribution is 7.91. The van der Waals surface area contributed by atoms with Crippen molar-refractivity contribution in [1.82, 2.24) is 4.90 Å². The molecule has 3 rings (SSSR count). The maximum atomic E-state index is 12.5. The molecule has 2 aromatic rings. The first-order valence-corrected chi connectivity index (χ1v) is 10.4. The van der Waals surface area contributed by atoms with E-state index in [4.69, 9.17) is 0 Å². The van der Waals surface area contributed by atoms with Gasteiger partial charge in [0.05, 0.1) is 10.6 Å². The van der Waals surface area contributed by atoms with Crippen LogP contribution in [0.4, 0.5) is 0 Å². The summed E-state index contributed by atoms with van der Waals surface area (Å²) in [7, 11) is -1.20. The minimum Gasteiger partial charge on any atom is -0.304 e. The summed E-state index contributed by atoms with van der Waals surface area (Å²) in [6.45, 7) is 6.03. The molecule has 0 bridgehead atoms. The number of hydrogen-bond acceptors (Lipinski definition) is 3. The van der Waals surface area contributed by atoms with E-state index >= 15 is 0 Å². The van der Waals surface area contributed by atoms with Crippen molar-refractivity contribution >= 4 is 9.84 Å². The third-order valence-corrected chi connectivity index (χ3v) is 7.33. The van der Waals surface area contributed by atoms with Gasteiger partial charge >= 0.3 is 0 Å². The van der Waals surface area contributed by atoms with Crippen LogP contribution in [0.25, 0.3) is 0 Å². The molecule has 0 aliphatic heterocycles. The van der Waals surface area contributed by atoms with Crippen LogP contribution in [0.1, 0.15) is 25.8 Å². The standard InChI is InChI=1S/C21H27NO2S/c1-20(2)16-21(20,18-10-6-4-7-11-18)17-22(3)14-15-25(23,24)19-12-8-5-9-13-19/h4-13H,14-17H2,1-3H3. The smallest absolute Gasteiger partial charge is 0.179 e. The predicted octanol–water partition coefficient (Wildman–Crippen LogP) is 3.76. The molecular formula is C21H27NO2S. The monoisotopic (exact) mass is 357 g/mol. The maximum absolute atomic E-state index is 12.5. The van der Waals surface area contributed by atoms with E-state index in [1.807, 2.05) is 19.2 Å². The Balaban J connectivity index is 1.67. The molecule has 2 aromatic carbocycles. The van der Waals surface area contributed by atoms with Crippen LogP contribution < -0.4 is 0 Å². The summed E-state index contributed by atoms with van der Waals surface area (Å²) in [5, 5.41) is 0. The average Bonchev–Trinajstić information content (AvgIpc) is 3.16. The summed E-state index contributed by atoms with van der Waals surface area (Å²) in [6, 6.07) is 19.3. The fourth-order valence-electron chi connectivity index (χ4n) is 3.88. The maximum Gasteiger partial charge on any atom is 0.179 e. The van der Waals surface area contributed by atoms with Crippen molar-refractivity contribution in [2.45, 2.75) is 30.6 Å². The normalized spacial score (nSPS) is 22.1. The van der Waals surface area contributed by atoms with Crippen LogP contribution in [0.2, 0.25) is 0 Å². The second-order valence-corrected chi connectivity index (χ2v) is 9.99. The van der Waals surface area contributed by atoms with Gasteiger partial charge in [-0.1, -0.05) is 62.4 Å². The molecule has 1 aliphatic carbocycles. The second-order valence-electron chi connectivity index (χ2n) is 7.88. The van der Waals surface area contributed by atoms with Gasteiger partial charge in [0.2, 0.25) is 0 Å². The van der Waals surface area contributed by atoms with Crippen LogP contribution in [0.3, 0.4) is 0 Å². The van der Waals surface area contributed by atoms with Gasteiger partial charge in [0.1, 0.15) is 0 Å². The Morgan fingerprint density at radius 1 is 0.960 bits per heavy atom. The van der Waals surface area contributed by atoms with Crippen molar-refractivity contribution in [3.63, 3.8) is 0 Å². The number of hydrogen-bond donors (Lipinski definition) is 0. The largest absolute Gasteiger partial charge is 0.304 e. The van der Waals surface area contributed by atoms with Crippen LogP contribution >= 0.6 is 0 Å². The zero-order chi connectivity index (χ0) is 18.1. The molecule has 3 nitrogen and oxygen atoms in total. The highest BCUT2D eigenvalue weighted by atomic mass is 32.2. The Bertz CT molecular complexity index is 815. The highest BCUT2D eigenvalue weighted by Crippen LogP contribution is 2.64. The Kier molecular flexibility index (Phi) is 4.78. The van der Waals surface area contributed by atoms with Gasteiger partial charge in [-0.05, 0) is 36.6 Å². The quantitative estimate of drug-likeness (QED) is 0.757. The molecule has 1 fully saturated rings. The van der Waals surface area contributed by atoms with E-state index in [9.17, 15) is 8.42 Å². The lowest BCUT2D eigenvalue weighted by Gasteiger charge is -2.27. The third kappa shape index (κ3) is 3.65. The summed E-state index contributed by atoms with van der Waals surface area (Å²) in [5.41, 5.74) is 1.73. The molecule has 1 aliphatic rings. The van der Waals surface area contributed by atoms with E-state index in [-0.39, 0.29) is 16.6 Å². The lowest BCUT2D eigenvalue weighted by molar-refractivity contribution is 0.291. The molecule has 1 unspecified atom stereocenters. The van der Waals surface area contributed by atoms with E-state index in [0.29, 0.717) is 11.4 Å². The molecule has 0 spiro atoms. The Labute approximate surface area is 151 Å². The minimum atomic E-state index is -3.23. The molecule has 0 amide bonds. The van der Waals surface area contributed by atoms with Crippen molar-refractivity contribution in [1.29, 1.82) is 0 Å². The molecule has 134 valence electrons. The first kappa shape index (κ1) is 18.2. The number of benzene rings is 2.